The van der Waals surface area contributed by atoms with Crippen LogP contribution in [-0.4, -0.2) is 35.5 Å². The van der Waals surface area contributed by atoms with Gasteiger partial charge in [-0.25, -0.2) is 0 Å². The normalized spacial score (nSPS) is 12.0. The van der Waals surface area contributed by atoms with Crippen LogP contribution in [0.15, 0.2) is 12.2 Å². The number of nitrogens with one attached hydrogen (secondary N) is 2. The lowest BCUT2D eigenvalue weighted by atomic mass is 10.0. The number of hydrogen-bond donors (Lipinski definition) is 3. The van der Waals surface area contributed by atoms with Crippen molar-refractivity contribution >= 4 is 17.8 Å². The van der Waals surface area contributed by atoms with Gasteiger partial charge in [-0.2, -0.15) is 0 Å². The molecule has 0 fully saturated rings. The zero-order valence-corrected chi connectivity index (χ0v) is 29.1. The highest BCUT2D eigenvalue weighted by molar-refractivity contribution is 5.90. The van der Waals surface area contributed by atoms with Crippen molar-refractivity contribution in [3.05, 3.63) is 12.2 Å². The molecular formula is C38H72N2O4. The molecule has 0 bridgehead atoms. The Hall–Kier alpha value is -1.85. The van der Waals surface area contributed by atoms with E-state index in [0.29, 0.717) is 13.0 Å². The average Bonchev–Trinajstić information content (AvgIpc) is 3.00. The van der Waals surface area contributed by atoms with Crippen LogP contribution in [0.5, 0.6) is 0 Å². The molecule has 0 saturated carbocycles. The van der Waals surface area contributed by atoms with Gasteiger partial charge < -0.3 is 15.7 Å². The zero-order chi connectivity index (χ0) is 32.4. The van der Waals surface area contributed by atoms with Crippen molar-refractivity contribution in [1.82, 2.24) is 10.6 Å². The van der Waals surface area contributed by atoms with Gasteiger partial charge in [0, 0.05) is 13.0 Å². The van der Waals surface area contributed by atoms with E-state index in [2.05, 4.69) is 36.6 Å². The van der Waals surface area contributed by atoms with Crippen molar-refractivity contribution in [3.63, 3.8) is 0 Å². The Morgan fingerprint density at radius 3 is 1.36 bits per heavy atom. The van der Waals surface area contributed by atoms with Crippen molar-refractivity contribution in [1.29, 1.82) is 0 Å². The molecule has 6 heteroatoms. The summed E-state index contributed by atoms with van der Waals surface area (Å²) >= 11 is 0. The van der Waals surface area contributed by atoms with Gasteiger partial charge in [0.1, 0.15) is 6.04 Å². The molecule has 0 aliphatic heterocycles. The van der Waals surface area contributed by atoms with Gasteiger partial charge in [-0.1, -0.05) is 161 Å². The lowest BCUT2D eigenvalue weighted by molar-refractivity contribution is -0.140. The Labute approximate surface area is 272 Å². The number of carbonyl (C=O) groups excluding carboxylic acids is 2. The third kappa shape index (κ3) is 31.6. The third-order valence-electron chi connectivity index (χ3n) is 8.53. The Kier molecular flexibility index (Phi) is 32.6. The molecule has 1 unspecified atom stereocenters. The summed E-state index contributed by atoms with van der Waals surface area (Å²) in [5.41, 5.74) is 0. The molecule has 3 N–H and O–H groups in total. The van der Waals surface area contributed by atoms with Gasteiger partial charge in [0.15, 0.2) is 0 Å². The highest BCUT2D eigenvalue weighted by Gasteiger charge is 2.23. The Balaban J connectivity index is 3.78. The van der Waals surface area contributed by atoms with Gasteiger partial charge >= 0.3 is 5.97 Å². The minimum absolute atomic E-state index is 0.236. The van der Waals surface area contributed by atoms with Gasteiger partial charge in [-0.3, -0.25) is 14.4 Å². The van der Waals surface area contributed by atoms with Crippen molar-refractivity contribution in [2.45, 2.75) is 206 Å². The number of allylic oxidation sites excluding steroid dienone is 2. The second-order valence-electron chi connectivity index (χ2n) is 12.9. The molecule has 2 amide bonds. The molecular weight excluding hydrogens is 548 g/mol. The van der Waals surface area contributed by atoms with Crippen LogP contribution in [0.4, 0.5) is 0 Å². The maximum atomic E-state index is 12.6. The van der Waals surface area contributed by atoms with Crippen LogP contribution >= 0.6 is 0 Å². The minimum Gasteiger partial charge on any atom is -0.481 e. The summed E-state index contributed by atoms with van der Waals surface area (Å²) in [5, 5.41) is 14.7. The van der Waals surface area contributed by atoms with E-state index in [1.807, 2.05) is 0 Å². The van der Waals surface area contributed by atoms with E-state index in [0.717, 1.165) is 51.4 Å². The molecule has 0 aromatic rings. The average molecular weight is 621 g/mol. The number of carboxylic acid groups (broad SMARTS) is 1. The number of carboxylic acids is 1. The van der Waals surface area contributed by atoms with Crippen LogP contribution in [-0.2, 0) is 14.4 Å². The Morgan fingerprint density at radius 2 is 0.932 bits per heavy atom. The smallest absolute Gasteiger partial charge is 0.305 e. The molecule has 0 saturated heterocycles. The lowest BCUT2D eigenvalue weighted by Gasteiger charge is -2.17. The number of amides is 2. The number of unbranched alkanes of at least 4 members (excludes halogenated alkanes) is 24. The Morgan fingerprint density at radius 1 is 0.545 bits per heavy atom. The summed E-state index contributed by atoms with van der Waals surface area (Å²) in [6.07, 6.45) is 38.0. The first-order valence-electron chi connectivity index (χ1n) is 18.9. The molecule has 258 valence electrons. The molecule has 44 heavy (non-hydrogen) atoms. The SMILES string of the molecule is CCCCCCCCC=CCCCCCCCC(=O)NC(CC(=O)O)C(=O)NCCCCCCCCCCCCCCCC. The van der Waals surface area contributed by atoms with Crippen molar-refractivity contribution in [2.75, 3.05) is 6.54 Å². The second-order valence-corrected chi connectivity index (χ2v) is 12.9. The molecule has 0 heterocycles. The molecule has 1 atom stereocenters. The Bertz CT molecular complexity index is 694. The van der Waals surface area contributed by atoms with Crippen LogP contribution in [0.3, 0.4) is 0 Å². The second kappa shape index (κ2) is 34.0. The highest BCUT2D eigenvalue weighted by Crippen LogP contribution is 2.13. The van der Waals surface area contributed by atoms with Gasteiger partial charge in [-0.05, 0) is 38.5 Å². The predicted octanol–water partition coefficient (Wildman–Crippen LogP) is 10.6. The first-order chi connectivity index (χ1) is 21.5. The van der Waals surface area contributed by atoms with E-state index in [1.54, 1.807) is 0 Å². The lowest BCUT2D eigenvalue weighted by Crippen LogP contribution is -2.48. The first kappa shape index (κ1) is 42.1. The summed E-state index contributed by atoms with van der Waals surface area (Å²) in [7, 11) is 0. The summed E-state index contributed by atoms with van der Waals surface area (Å²) in [4.78, 5) is 36.2. The standard InChI is InChI=1S/C38H72N2O4/c1-3-5-7-9-11-13-15-17-19-20-22-24-26-28-30-32-36(41)40-35(34-37(42)43)38(44)39-33-31-29-27-25-23-21-18-16-14-12-10-8-6-4-2/h17,19,35H,3-16,18,20-34H2,1-2H3,(H,39,44)(H,40,41)(H,42,43). The molecule has 0 aliphatic carbocycles. The van der Waals surface area contributed by atoms with Crippen molar-refractivity contribution in [3.8, 4) is 0 Å². The van der Waals surface area contributed by atoms with Crippen molar-refractivity contribution in [2.24, 2.45) is 0 Å². The highest BCUT2D eigenvalue weighted by atomic mass is 16.4. The quantitative estimate of drug-likeness (QED) is 0.0492. The van der Waals surface area contributed by atoms with Crippen LogP contribution in [0, 0.1) is 0 Å². The summed E-state index contributed by atoms with van der Waals surface area (Å²) in [6.45, 7) is 5.04. The zero-order valence-electron chi connectivity index (χ0n) is 29.1. The molecule has 0 aromatic heterocycles. The third-order valence-corrected chi connectivity index (χ3v) is 8.53. The van der Waals surface area contributed by atoms with E-state index >= 15 is 0 Å². The fourth-order valence-corrected chi connectivity index (χ4v) is 5.66. The van der Waals surface area contributed by atoms with Gasteiger partial charge in [-0.15, -0.1) is 0 Å². The van der Waals surface area contributed by atoms with Crippen LogP contribution in [0.25, 0.3) is 0 Å². The van der Waals surface area contributed by atoms with Crippen LogP contribution < -0.4 is 10.6 Å². The van der Waals surface area contributed by atoms with Crippen LogP contribution in [0.2, 0.25) is 0 Å². The maximum absolute atomic E-state index is 12.6. The fraction of sp³-hybridized carbons (Fsp3) is 0.868. The monoisotopic (exact) mass is 621 g/mol. The molecule has 0 aromatic carbocycles. The minimum atomic E-state index is -1.08. The summed E-state index contributed by atoms with van der Waals surface area (Å²) < 4.78 is 0. The van der Waals surface area contributed by atoms with E-state index in [1.165, 1.54) is 122 Å². The van der Waals surface area contributed by atoms with Gasteiger partial charge in [0.2, 0.25) is 11.8 Å². The predicted molar refractivity (Wildman–Crippen MR) is 187 cm³/mol. The topological polar surface area (TPSA) is 95.5 Å². The molecule has 0 spiro atoms. The van der Waals surface area contributed by atoms with E-state index in [-0.39, 0.29) is 18.2 Å². The molecule has 0 aliphatic rings. The van der Waals surface area contributed by atoms with Crippen LogP contribution in [0.1, 0.15) is 200 Å². The summed E-state index contributed by atoms with van der Waals surface area (Å²) in [5.74, 6) is -1.71. The van der Waals surface area contributed by atoms with E-state index in [4.69, 9.17) is 0 Å². The number of rotatable bonds is 34. The fourth-order valence-electron chi connectivity index (χ4n) is 5.66. The number of aliphatic carboxylic acids is 1. The van der Waals surface area contributed by atoms with Crippen molar-refractivity contribution < 1.29 is 19.5 Å². The summed E-state index contributed by atoms with van der Waals surface area (Å²) in [6, 6.07) is -1.00. The molecule has 0 radical (unpaired) electrons. The maximum Gasteiger partial charge on any atom is 0.305 e. The number of carbonyl (C=O) groups is 3. The first-order valence-corrected chi connectivity index (χ1v) is 18.9. The molecule has 6 nitrogen and oxygen atoms in total. The van der Waals surface area contributed by atoms with E-state index in [9.17, 15) is 19.5 Å². The largest absolute Gasteiger partial charge is 0.481 e. The van der Waals surface area contributed by atoms with E-state index < -0.39 is 12.0 Å². The van der Waals surface area contributed by atoms with Gasteiger partial charge in [0.05, 0.1) is 6.42 Å². The number of hydrogen-bond acceptors (Lipinski definition) is 3. The van der Waals surface area contributed by atoms with Gasteiger partial charge in [0.25, 0.3) is 0 Å². The molecule has 0 rings (SSSR count).